The highest BCUT2D eigenvalue weighted by atomic mass is 16.2. The number of rotatable bonds is 5. The number of carbonyl (C=O) groups is 1. The van der Waals surface area contributed by atoms with E-state index in [9.17, 15) is 4.79 Å². The number of nitrogens with zero attached hydrogens (tertiary/aromatic N) is 2. The Morgan fingerprint density at radius 2 is 1.56 bits per heavy atom. The smallest absolute Gasteiger partial charge is 0.226 e. The molecule has 3 rings (SSSR count). The van der Waals surface area contributed by atoms with Crippen molar-refractivity contribution in [2.24, 2.45) is 4.99 Å². The highest BCUT2D eigenvalue weighted by Crippen LogP contribution is 2.21. The average Bonchev–Trinajstić information content (AvgIpc) is 2.70. The van der Waals surface area contributed by atoms with Gasteiger partial charge >= 0.3 is 0 Å². The van der Waals surface area contributed by atoms with Gasteiger partial charge in [-0.25, -0.2) is 0 Å². The molecule has 2 N–H and O–H groups in total. The molecule has 1 aliphatic heterocycles. The summed E-state index contributed by atoms with van der Waals surface area (Å²) in [6, 6.07) is 16.7. The van der Waals surface area contributed by atoms with Crippen LogP contribution in [0.25, 0.3) is 0 Å². The molecule has 5 nitrogen and oxygen atoms in total. The van der Waals surface area contributed by atoms with Gasteiger partial charge in [0, 0.05) is 38.8 Å². The minimum absolute atomic E-state index is 0.229. The van der Waals surface area contributed by atoms with E-state index in [2.05, 4.69) is 58.9 Å². The molecule has 142 valence electrons. The van der Waals surface area contributed by atoms with Crippen molar-refractivity contribution in [1.29, 1.82) is 0 Å². The third kappa shape index (κ3) is 5.33. The summed E-state index contributed by atoms with van der Waals surface area (Å²) in [4.78, 5) is 18.2. The SMILES string of the molecule is CN=C(NCc1ccc(C)cc1)NCc1ccc(N2CCCCC2=O)cc1. The molecule has 1 fully saturated rings. The molecule has 0 spiro atoms. The van der Waals surface area contributed by atoms with E-state index in [4.69, 9.17) is 0 Å². The largest absolute Gasteiger partial charge is 0.352 e. The Balaban J connectivity index is 1.50. The monoisotopic (exact) mass is 364 g/mol. The number of piperidine rings is 1. The molecule has 2 aromatic rings. The fourth-order valence-corrected chi connectivity index (χ4v) is 3.17. The molecule has 5 heteroatoms. The first-order valence-electron chi connectivity index (χ1n) is 9.55. The van der Waals surface area contributed by atoms with Crippen molar-refractivity contribution in [3.05, 3.63) is 65.2 Å². The zero-order valence-electron chi connectivity index (χ0n) is 16.2. The second-order valence-electron chi connectivity index (χ2n) is 6.93. The summed E-state index contributed by atoms with van der Waals surface area (Å²) in [6.45, 7) is 4.33. The molecular weight excluding hydrogens is 336 g/mol. The van der Waals surface area contributed by atoms with E-state index in [0.29, 0.717) is 13.0 Å². The van der Waals surface area contributed by atoms with Crippen LogP contribution < -0.4 is 15.5 Å². The van der Waals surface area contributed by atoms with Crippen molar-refractivity contribution in [2.75, 3.05) is 18.5 Å². The molecule has 1 amide bonds. The average molecular weight is 364 g/mol. The molecule has 0 radical (unpaired) electrons. The number of hydrogen-bond acceptors (Lipinski definition) is 2. The van der Waals surface area contributed by atoms with E-state index in [-0.39, 0.29) is 5.91 Å². The number of aliphatic imine (C=N–C) groups is 1. The zero-order valence-corrected chi connectivity index (χ0v) is 16.2. The molecule has 0 unspecified atom stereocenters. The van der Waals surface area contributed by atoms with Crippen LogP contribution in [0.3, 0.4) is 0 Å². The lowest BCUT2D eigenvalue weighted by molar-refractivity contribution is -0.119. The first-order valence-corrected chi connectivity index (χ1v) is 9.55. The van der Waals surface area contributed by atoms with Crippen LogP contribution in [0.4, 0.5) is 5.69 Å². The predicted octanol–water partition coefficient (Wildman–Crippen LogP) is 3.38. The number of guanidine groups is 1. The molecule has 0 aromatic heterocycles. The van der Waals surface area contributed by atoms with E-state index >= 15 is 0 Å². The van der Waals surface area contributed by atoms with Crippen LogP contribution in [0.5, 0.6) is 0 Å². The quantitative estimate of drug-likeness (QED) is 0.632. The molecule has 2 aromatic carbocycles. The Hall–Kier alpha value is -2.82. The molecule has 1 heterocycles. The minimum atomic E-state index is 0.229. The summed E-state index contributed by atoms with van der Waals surface area (Å²) in [6.07, 6.45) is 2.75. The summed E-state index contributed by atoms with van der Waals surface area (Å²) in [5, 5.41) is 6.66. The van der Waals surface area contributed by atoms with Gasteiger partial charge in [-0.3, -0.25) is 9.79 Å². The second kappa shape index (κ2) is 9.21. The Morgan fingerprint density at radius 1 is 0.963 bits per heavy atom. The maximum atomic E-state index is 12.0. The van der Waals surface area contributed by atoms with Gasteiger partial charge in [0.25, 0.3) is 0 Å². The predicted molar refractivity (Wildman–Crippen MR) is 111 cm³/mol. The molecule has 0 saturated carbocycles. The minimum Gasteiger partial charge on any atom is -0.352 e. The molecule has 1 saturated heterocycles. The number of amides is 1. The Bertz CT molecular complexity index is 781. The van der Waals surface area contributed by atoms with Crippen molar-refractivity contribution >= 4 is 17.6 Å². The Morgan fingerprint density at radius 3 is 2.11 bits per heavy atom. The van der Waals surface area contributed by atoms with Crippen molar-refractivity contribution in [2.45, 2.75) is 39.3 Å². The van der Waals surface area contributed by atoms with Crippen molar-refractivity contribution in [1.82, 2.24) is 10.6 Å². The highest BCUT2D eigenvalue weighted by Gasteiger charge is 2.19. The number of anilines is 1. The summed E-state index contributed by atoms with van der Waals surface area (Å²) in [7, 11) is 1.77. The van der Waals surface area contributed by atoms with E-state index in [0.717, 1.165) is 43.1 Å². The number of benzene rings is 2. The van der Waals surface area contributed by atoms with Crippen LogP contribution in [-0.4, -0.2) is 25.5 Å². The summed E-state index contributed by atoms with van der Waals surface area (Å²) in [5.41, 5.74) is 4.63. The van der Waals surface area contributed by atoms with Gasteiger partial charge in [0.2, 0.25) is 5.91 Å². The summed E-state index contributed by atoms with van der Waals surface area (Å²) >= 11 is 0. The van der Waals surface area contributed by atoms with Crippen LogP contribution in [0, 0.1) is 6.92 Å². The molecule has 1 aliphatic rings. The maximum absolute atomic E-state index is 12.0. The number of hydrogen-bond donors (Lipinski definition) is 2. The second-order valence-corrected chi connectivity index (χ2v) is 6.93. The lowest BCUT2D eigenvalue weighted by atomic mass is 10.1. The van der Waals surface area contributed by atoms with Crippen LogP contribution in [-0.2, 0) is 17.9 Å². The van der Waals surface area contributed by atoms with E-state index < -0.39 is 0 Å². The van der Waals surface area contributed by atoms with Gasteiger partial charge in [-0.15, -0.1) is 0 Å². The number of carbonyl (C=O) groups excluding carboxylic acids is 1. The standard InChI is InChI=1S/C22H28N4O/c1-17-6-8-18(9-7-17)15-24-22(23-2)25-16-19-10-12-20(13-11-19)26-14-4-3-5-21(26)27/h6-13H,3-5,14-16H2,1-2H3,(H2,23,24,25). The normalized spacial score (nSPS) is 15.0. The summed E-state index contributed by atoms with van der Waals surface area (Å²) < 4.78 is 0. The maximum Gasteiger partial charge on any atom is 0.226 e. The third-order valence-electron chi connectivity index (χ3n) is 4.84. The number of nitrogens with one attached hydrogen (secondary N) is 2. The van der Waals surface area contributed by atoms with Gasteiger partial charge in [0.1, 0.15) is 0 Å². The van der Waals surface area contributed by atoms with E-state index in [1.165, 1.54) is 11.1 Å². The van der Waals surface area contributed by atoms with Gasteiger partial charge in [-0.1, -0.05) is 42.0 Å². The van der Waals surface area contributed by atoms with Gasteiger partial charge < -0.3 is 15.5 Å². The molecular formula is C22H28N4O. The third-order valence-corrected chi connectivity index (χ3v) is 4.84. The fraction of sp³-hybridized carbons (Fsp3) is 0.364. The molecule has 0 atom stereocenters. The van der Waals surface area contributed by atoms with Gasteiger partial charge in [0.05, 0.1) is 0 Å². The van der Waals surface area contributed by atoms with Gasteiger partial charge in [-0.05, 0) is 43.0 Å². The molecule has 0 bridgehead atoms. The number of aryl methyl sites for hydroxylation is 1. The van der Waals surface area contributed by atoms with Gasteiger partial charge in [0.15, 0.2) is 5.96 Å². The van der Waals surface area contributed by atoms with Crippen molar-refractivity contribution < 1.29 is 4.79 Å². The lowest BCUT2D eigenvalue weighted by Crippen LogP contribution is -2.36. The van der Waals surface area contributed by atoms with Gasteiger partial charge in [-0.2, -0.15) is 0 Å². The van der Waals surface area contributed by atoms with Crippen LogP contribution >= 0.6 is 0 Å². The van der Waals surface area contributed by atoms with Crippen LogP contribution in [0.2, 0.25) is 0 Å². The molecule has 27 heavy (non-hydrogen) atoms. The van der Waals surface area contributed by atoms with Crippen molar-refractivity contribution in [3.8, 4) is 0 Å². The molecule has 0 aliphatic carbocycles. The van der Waals surface area contributed by atoms with E-state index in [1.807, 2.05) is 17.0 Å². The fourth-order valence-electron chi connectivity index (χ4n) is 3.17. The Labute approximate surface area is 161 Å². The van der Waals surface area contributed by atoms with Crippen molar-refractivity contribution in [3.63, 3.8) is 0 Å². The van der Waals surface area contributed by atoms with Crippen LogP contribution in [0.1, 0.15) is 36.0 Å². The summed E-state index contributed by atoms with van der Waals surface area (Å²) in [5.74, 6) is 0.999. The lowest BCUT2D eigenvalue weighted by Gasteiger charge is -2.26. The first-order chi connectivity index (χ1) is 13.2. The topological polar surface area (TPSA) is 56.7 Å². The zero-order chi connectivity index (χ0) is 19.1. The van der Waals surface area contributed by atoms with Crippen LogP contribution in [0.15, 0.2) is 53.5 Å². The first kappa shape index (κ1) is 19.0. The Kier molecular flexibility index (Phi) is 6.47. The highest BCUT2D eigenvalue weighted by molar-refractivity contribution is 5.93. The van der Waals surface area contributed by atoms with E-state index in [1.54, 1.807) is 7.05 Å².